The van der Waals surface area contributed by atoms with Gasteiger partial charge in [-0.1, -0.05) is 18.6 Å². The highest BCUT2D eigenvalue weighted by atomic mass is 32.1. The van der Waals surface area contributed by atoms with E-state index in [4.69, 9.17) is 5.73 Å². The van der Waals surface area contributed by atoms with Crippen LogP contribution in [-0.2, 0) is 4.79 Å². The van der Waals surface area contributed by atoms with Crippen LogP contribution in [0.25, 0.3) is 11.1 Å². The lowest BCUT2D eigenvalue weighted by molar-refractivity contribution is -0.118. The van der Waals surface area contributed by atoms with E-state index < -0.39 is 0 Å². The Morgan fingerprint density at radius 3 is 3.03 bits per heavy atom. The number of anilines is 2. The Labute approximate surface area is 171 Å². The predicted molar refractivity (Wildman–Crippen MR) is 111 cm³/mol. The summed E-state index contributed by atoms with van der Waals surface area (Å²) >= 11 is 1.38. The number of nitrogens with two attached hydrogens (primary N) is 1. The summed E-state index contributed by atoms with van der Waals surface area (Å²) in [7, 11) is 0. The van der Waals surface area contributed by atoms with Crippen LogP contribution in [0.2, 0.25) is 0 Å². The second-order valence-corrected chi connectivity index (χ2v) is 7.80. The largest absolute Gasteiger partial charge is 0.368 e. The fourth-order valence-electron chi connectivity index (χ4n) is 3.66. The van der Waals surface area contributed by atoms with Crippen LogP contribution in [-0.4, -0.2) is 38.8 Å². The van der Waals surface area contributed by atoms with Gasteiger partial charge in [0.25, 0.3) is 0 Å². The SMILES string of the molecule is Nc1ncc(-c2cccc(F)c2)c([C@@H]2CCCCN2CC(=O)Nc2nccs2)n1. The monoisotopic (exact) mass is 412 g/mol. The Morgan fingerprint density at radius 2 is 2.24 bits per heavy atom. The summed E-state index contributed by atoms with van der Waals surface area (Å²) in [6.07, 6.45) is 6.13. The molecule has 3 N–H and O–H groups in total. The van der Waals surface area contributed by atoms with E-state index in [1.807, 2.05) is 11.4 Å². The van der Waals surface area contributed by atoms with Crippen LogP contribution in [0.15, 0.2) is 42.0 Å². The highest BCUT2D eigenvalue weighted by molar-refractivity contribution is 7.13. The average Bonchev–Trinajstić information content (AvgIpc) is 3.21. The Bertz CT molecular complexity index is 996. The molecule has 0 spiro atoms. The van der Waals surface area contributed by atoms with Gasteiger partial charge in [0.15, 0.2) is 5.13 Å². The highest BCUT2D eigenvalue weighted by Gasteiger charge is 2.29. The average molecular weight is 412 g/mol. The predicted octanol–water partition coefficient (Wildman–Crippen LogP) is 3.49. The van der Waals surface area contributed by atoms with Gasteiger partial charge in [0.2, 0.25) is 11.9 Å². The molecule has 29 heavy (non-hydrogen) atoms. The van der Waals surface area contributed by atoms with Crippen LogP contribution in [0.3, 0.4) is 0 Å². The van der Waals surface area contributed by atoms with Gasteiger partial charge in [0.05, 0.1) is 18.3 Å². The van der Waals surface area contributed by atoms with Gasteiger partial charge in [0, 0.05) is 23.3 Å². The molecule has 1 amide bonds. The number of thiazole rings is 1. The molecule has 0 aliphatic carbocycles. The van der Waals surface area contributed by atoms with Gasteiger partial charge >= 0.3 is 0 Å². The van der Waals surface area contributed by atoms with Crippen molar-refractivity contribution in [3.63, 3.8) is 0 Å². The zero-order chi connectivity index (χ0) is 20.2. The first-order valence-electron chi connectivity index (χ1n) is 9.42. The van der Waals surface area contributed by atoms with E-state index >= 15 is 0 Å². The van der Waals surface area contributed by atoms with E-state index in [0.29, 0.717) is 10.7 Å². The first-order chi connectivity index (χ1) is 14.1. The van der Waals surface area contributed by atoms with Crippen molar-refractivity contribution in [1.29, 1.82) is 0 Å². The molecule has 1 fully saturated rings. The summed E-state index contributed by atoms with van der Waals surface area (Å²) in [5.41, 5.74) is 8.03. The van der Waals surface area contributed by atoms with Crippen LogP contribution >= 0.6 is 11.3 Å². The number of nitrogens with zero attached hydrogens (tertiary/aromatic N) is 4. The molecule has 4 rings (SSSR count). The lowest BCUT2D eigenvalue weighted by Crippen LogP contribution is -2.40. The highest BCUT2D eigenvalue weighted by Crippen LogP contribution is 2.36. The minimum absolute atomic E-state index is 0.102. The number of rotatable bonds is 5. The van der Waals surface area contributed by atoms with Crippen molar-refractivity contribution < 1.29 is 9.18 Å². The summed E-state index contributed by atoms with van der Waals surface area (Å²) < 4.78 is 13.8. The number of nitrogens with one attached hydrogen (secondary N) is 1. The molecular weight excluding hydrogens is 391 g/mol. The quantitative estimate of drug-likeness (QED) is 0.666. The molecule has 0 unspecified atom stereocenters. The van der Waals surface area contributed by atoms with Crippen LogP contribution in [0.4, 0.5) is 15.5 Å². The number of carbonyl (C=O) groups is 1. The second-order valence-electron chi connectivity index (χ2n) is 6.90. The van der Waals surface area contributed by atoms with Gasteiger partial charge in [-0.05, 0) is 37.1 Å². The second kappa shape index (κ2) is 8.62. The number of nitrogen functional groups attached to an aromatic ring is 1. The summed E-state index contributed by atoms with van der Waals surface area (Å²) in [5.74, 6) is -0.285. The van der Waals surface area contributed by atoms with E-state index in [1.165, 1.54) is 23.5 Å². The third kappa shape index (κ3) is 4.57. The standard InChI is InChI=1S/C20H21FN6OS/c21-14-5-3-4-13(10-14)15-11-24-19(22)26-18(15)16-6-1-2-8-27(16)12-17(28)25-20-23-7-9-29-20/h3-5,7,9-11,16H,1-2,6,8,12H2,(H2,22,24,26)(H,23,25,28)/t16-/m0/s1. The van der Waals surface area contributed by atoms with Crippen molar-refractivity contribution in [2.75, 3.05) is 24.1 Å². The molecule has 0 radical (unpaired) electrons. The Hall–Kier alpha value is -2.91. The Morgan fingerprint density at radius 1 is 1.34 bits per heavy atom. The van der Waals surface area contributed by atoms with Crippen molar-refractivity contribution in [2.24, 2.45) is 0 Å². The molecule has 150 valence electrons. The van der Waals surface area contributed by atoms with Crippen LogP contribution in [0.5, 0.6) is 0 Å². The number of carbonyl (C=O) groups excluding carboxylic acids is 1. The molecule has 1 aliphatic heterocycles. The topological polar surface area (TPSA) is 97.0 Å². The third-order valence-corrected chi connectivity index (χ3v) is 5.62. The van der Waals surface area contributed by atoms with Crippen molar-refractivity contribution in [2.45, 2.75) is 25.3 Å². The minimum Gasteiger partial charge on any atom is -0.368 e. The molecule has 0 bridgehead atoms. The molecule has 1 atom stereocenters. The normalized spacial score (nSPS) is 17.2. The number of halogens is 1. The van der Waals surface area contributed by atoms with E-state index in [2.05, 4.69) is 25.2 Å². The minimum atomic E-state index is -0.325. The molecule has 1 saturated heterocycles. The molecule has 9 heteroatoms. The summed E-state index contributed by atoms with van der Waals surface area (Å²) in [4.78, 5) is 27.3. The van der Waals surface area contributed by atoms with Gasteiger partial charge in [-0.3, -0.25) is 9.69 Å². The van der Waals surface area contributed by atoms with E-state index in [9.17, 15) is 9.18 Å². The third-order valence-electron chi connectivity index (χ3n) is 4.93. The molecule has 1 aromatic carbocycles. The number of benzene rings is 1. The molecule has 2 aromatic heterocycles. The zero-order valence-corrected chi connectivity index (χ0v) is 16.5. The van der Waals surface area contributed by atoms with E-state index in [0.717, 1.165) is 37.1 Å². The van der Waals surface area contributed by atoms with Gasteiger partial charge < -0.3 is 11.1 Å². The number of amides is 1. The van der Waals surface area contributed by atoms with Crippen molar-refractivity contribution in [1.82, 2.24) is 19.9 Å². The Kier molecular flexibility index (Phi) is 5.77. The van der Waals surface area contributed by atoms with Gasteiger partial charge in [-0.25, -0.2) is 19.3 Å². The van der Waals surface area contributed by atoms with Gasteiger partial charge in [0.1, 0.15) is 5.82 Å². The van der Waals surface area contributed by atoms with Crippen molar-refractivity contribution in [3.8, 4) is 11.1 Å². The van der Waals surface area contributed by atoms with Crippen molar-refractivity contribution >= 4 is 28.3 Å². The van der Waals surface area contributed by atoms with Crippen LogP contribution < -0.4 is 11.1 Å². The van der Waals surface area contributed by atoms with Gasteiger partial charge in [-0.2, -0.15) is 0 Å². The summed E-state index contributed by atoms with van der Waals surface area (Å²) in [6, 6.07) is 6.24. The van der Waals surface area contributed by atoms with Gasteiger partial charge in [-0.15, -0.1) is 11.3 Å². The fourth-order valence-corrected chi connectivity index (χ4v) is 4.21. The summed E-state index contributed by atoms with van der Waals surface area (Å²) in [5, 5.41) is 5.22. The van der Waals surface area contributed by atoms with E-state index in [-0.39, 0.29) is 30.3 Å². The maximum atomic E-state index is 13.8. The smallest absolute Gasteiger partial charge is 0.240 e. The molecule has 7 nitrogen and oxygen atoms in total. The fraction of sp³-hybridized carbons (Fsp3) is 0.300. The number of hydrogen-bond donors (Lipinski definition) is 2. The summed E-state index contributed by atoms with van der Waals surface area (Å²) in [6.45, 7) is 0.985. The zero-order valence-electron chi connectivity index (χ0n) is 15.7. The maximum absolute atomic E-state index is 13.8. The Balaban J connectivity index is 1.62. The molecule has 3 heterocycles. The maximum Gasteiger partial charge on any atom is 0.240 e. The lowest BCUT2D eigenvalue weighted by Gasteiger charge is -2.35. The number of likely N-dealkylation sites (tertiary alicyclic amines) is 1. The van der Waals surface area contributed by atoms with E-state index in [1.54, 1.807) is 18.5 Å². The van der Waals surface area contributed by atoms with Crippen LogP contribution in [0.1, 0.15) is 31.0 Å². The molecule has 0 saturated carbocycles. The molecule has 3 aromatic rings. The van der Waals surface area contributed by atoms with Crippen LogP contribution in [0, 0.1) is 5.82 Å². The molecule has 1 aliphatic rings. The number of hydrogen-bond acceptors (Lipinski definition) is 7. The number of aromatic nitrogens is 3. The van der Waals surface area contributed by atoms with Crippen molar-refractivity contribution in [3.05, 3.63) is 53.6 Å². The molecular formula is C20H21FN6OS. The lowest BCUT2D eigenvalue weighted by atomic mass is 9.93. The number of piperidine rings is 1. The first kappa shape index (κ1) is 19.4. The first-order valence-corrected chi connectivity index (χ1v) is 10.3.